The van der Waals surface area contributed by atoms with Gasteiger partial charge in [-0.2, -0.15) is 0 Å². The molecule has 15 heavy (non-hydrogen) atoms. The quantitative estimate of drug-likeness (QED) is 0.665. The molecular weight excluding hydrogens is 194 g/mol. The van der Waals surface area contributed by atoms with Gasteiger partial charge in [0.1, 0.15) is 5.60 Å². The number of nitrogens with two attached hydrogens (primary N) is 1. The van der Waals surface area contributed by atoms with Gasteiger partial charge in [0.2, 0.25) is 0 Å². The fourth-order valence-corrected chi connectivity index (χ4v) is 1.62. The van der Waals surface area contributed by atoms with Gasteiger partial charge in [-0.15, -0.1) is 0 Å². The Labute approximate surface area is 91.1 Å². The van der Waals surface area contributed by atoms with Crippen molar-refractivity contribution in [2.75, 3.05) is 13.2 Å². The zero-order valence-corrected chi connectivity index (χ0v) is 9.79. The highest BCUT2D eigenvalue weighted by Gasteiger charge is 2.31. The van der Waals surface area contributed by atoms with E-state index in [2.05, 4.69) is 0 Å². The molecular formula is C11H21NO3. The first-order chi connectivity index (χ1) is 6.90. The Balaban J connectivity index is 2.56. The first kappa shape index (κ1) is 12.5. The van der Waals surface area contributed by atoms with Crippen LogP contribution in [0.25, 0.3) is 0 Å². The maximum Gasteiger partial charge on any atom is 0.311 e. The molecule has 1 aliphatic heterocycles. The first-order valence-corrected chi connectivity index (χ1v) is 5.46. The number of esters is 1. The predicted octanol–water partition coefficient (Wildman–Crippen LogP) is 1.08. The van der Waals surface area contributed by atoms with Crippen molar-refractivity contribution in [1.82, 2.24) is 0 Å². The summed E-state index contributed by atoms with van der Waals surface area (Å²) in [5.41, 5.74) is 5.48. The topological polar surface area (TPSA) is 61.5 Å². The van der Waals surface area contributed by atoms with Gasteiger partial charge in [0, 0.05) is 19.3 Å². The normalized spacial score (nSPS) is 28.3. The molecule has 1 heterocycles. The highest BCUT2D eigenvalue weighted by atomic mass is 16.6. The highest BCUT2D eigenvalue weighted by molar-refractivity contribution is 5.73. The molecule has 4 nitrogen and oxygen atoms in total. The van der Waals surface area contributed by atoms with Crippen LogP contribution in [0.4, 0.5) is 0 Å². The molecule has 0 aromatic heterocycles. The van der Waals surface area contributed by atoms with E-state index in [1.165, 1.54) is 0 Å². The van der Waals surface area contributed by atoms with Crippen LogP contribution < -0.4 is 5.73 Å². The predicted molar refractivity (Wildman–Crippen MR) is 57.4 cm³/mol. The lowest BCUT2D eigenvalue weighted by atomic mass is 9.95. The summed E-state index contributed by atoms with van der Waals surface area (Å²) in [6.07, 6.45) is 1.39. The van der Waals surface area contributed by atoms with Crippen molar-refractivity contribution in [3.63, 3.8) is 0 Å². The van der Waals surface area contributed by atoms with Gasteiger partial charge in [-0.25, -0.2) is 0 Å². The van der Waals surface area contributed by atoms with Gasteiger partial charge in [-0.1, -0.05) is 0 Å². The lowest BCUT2D eigenvalue weighted by Gasteiger charge is -2.25. The molecule has 1 aliphatic rings. The SMILES string of the molecule is CC(C)(C)OC(=O)C1CCOCCC1N. The molecule has 4 heteroatoms. The Hall–Kier alpha value is -0.610. The van der Waals surface area contributed by atoms with E-state index < -0.39 is 5.60 Å². The van der Waals surface area contributed by atoms with Crippen molar-refractivity contribution in [3.8, 4) is 0 Å². The summed E-state index contributed by atoms with van der Waals surface area (Å²) >= 11 is 0. The average molecular weight is 215 g/mol. The summed E-state index contributed by atoms with van der Waals surface area (Å²) in [7, 11) is 0. The molecule has 0 aromatic rings. The van der Waals surface area contributed by atoms with Crippen molar-refractivity contribution < 1.29 is 14.3 Å². The third kappa shape index (κ3) is 4.18. The van der Waals surface area contributed by atoms with Crippen molar-refractivity contribution in [1.29, 1.82) is 0 Å². The molecule has 2 atom stereocenters. The largest absolute Gasteiger partial charge is 0.460 e. The minimum absolute atomic E-state index is 0.137. The van der Waals surface area contributed by atoms with Crippen LogP contribution >= 0.6 is 0 Å². The van der Waals surface area contributed by atoms with Crippen LogP contribution in [0.3, 0.4) is 0 Å². The highest BCUT2D eigenvalue weighted by Crippen LogP contribution is 2.19. The monoisotopic (exact) mass is 215 g/mol. The van der Waals surface area contributed by atoms with Crippen molar-refractivity contribution in [2.24, 2.45) is 11.7 Å². The van der Waals surface area contributed by atoms with Gasteiger partial charge < -0.3 is 15.2 Å². The van der Waals surface area contributed by atoms with E-state index in [0.29, 0.717) is 19.6 Å². The minimum atomic E-state index is -0.441. The fraction of sp³-hybridized carbons (Fsp3) is 0.909. The molecule has 2 N–H and O–H groups in total. The van der Waals surface area contributed by atoms with Crippen LogP contribution in [0, 0.1) is 5.92 Å². The molecule has 0 aromatic carbocycles. The van der Waals surface area contributed by atoms with E-state index in [1.54, 1.807) is 0 Å². The van der Waals surface area contributed by atoms with Gasteiger partial charge >= 0.3 is 5.97 Å². The van der Waals surface area contributed by atoms with Gasteiger partial charge in [0.05, 0.1) is 5.92 Å². The van der Waals surface area contributed by atoms with Crippen LogP contribution in [0.2, 0.25) is 0 Å². The Morgan fingerprint density at radius 1 is 1.33 bits per heavy atom. The van der Waals surface area contributed by atoms with Crippen LogP contribution in [0.15, 0.2) is 0 Å². The lowest BCUT2D eigenvalue weighted by molar-refractivity contribution is -0.161. The summed E-state index contributed by atoms with van der Waals surface area (Å²) in [6.45, 7) is 6.83. The molecule has 0 bridgehead atoms. The number of hydrogen-bond acceptors (Lipinski definition) is 4. The van der Waals surface area contributed by atoms with E-state index in [0.717, 1.165) is 6.42 Å². The molecule has 1 rings (SSSR count). The molecule has 0 amide bonds. The third-order valence-electron chi connectivity index (χ3n) is 2.40. The second-order valence-electron chi connectivity index (χ2n) is 4.99. The summed E-state index contributed by atoms with van der Waals surface area (Å²) in [5.74, 6) is -0.410. The Bertz CT molecular complexity index is 222. The van der Waals surface area contributed by atoms with Crippen LogP contribution in [0.1, 0.15) is 33.6 Å². The molecule has 1 saturated heterocycles. The summed E-state index contributed by atoms with van der Waals surface area (Å²) in [5, 5.41) is 0. The number of carbonyl (C=O) groups is 1. The summed E-state index contributed by atoms with van der Waals surface area (Å²) in [4.78, 5) is 11.8. The number of ether oxygens (including phenoxy) is 2. The molecule has 0 radical (unpaired) electrons. The first-order valence-electron chi connectivity index (χ1n) is 5.46. The average Bonchev–Trinajstić information content (AvgIpc) is 2.26. The molecule has 0 spiro atoms. The summed E-state index contributed by atoms with van der Waals surface area (Å²) in [6, 6.07) is -0.137. The maximum absolute atomic E-state index is 11.8. The van der Waals surface area contributed by atoms with Crippen LogP contribution in [-0.4, -0.2) is 30.8 Å². The minimum Gasteiger partial charge on any atom is -0.460 e. The Kier molecular flexibility index (Phi) is 4.11. The summed E-state index contributed by atoms with van der Waals surface area (Å²) < 4.78 is 10.6. The molecule has 0 aliphatic carbocycles. The van der Waals surface area contributed by atoms with Crippen molar-refractivity contribution in [2.45, 2.75) is 45.3 Å². The third-order valence-corrected chi connectivity index (χ3v) is 2.40. The van der Waals surface area contributed by atoms with E-state index >= 15 is 0 Å². The maximum atomic E-state index is 11.8. The smallest absolute Gasteiger partial charge is 0.311 e. The van der Waals surface area contributed by atoms with E-state index in [1.807, 2.05) is 20.8 Å². The zero-order valence-electron chi connectivity index (χ0n) is 9.79. The van der Waals surface area contributed by atoms with Crippen LogP contribution in [-0.2, 0) is 14.3 Å². The van der Waals surface area contributed by atoms with Gasteiger partial charge in [-0.3, -0.25) is 4.79 Å². The molecule has 2 unspecified atom stereocenters. The Morgan fingerprint density at radius 2 is 1.93 bits per heavy atom. The van der Waals surface area contributed by atoms with Gasteiger partial charge in [0.15, 0.2) is 0 Å². The number of hydrogen-bond donors (Lipinski definition) is 1. The van der Waals surface area contributed by atoms with E-state index in [9.17, 15) is 4.79 Å². The fourth-order valence-electron chi connectivity index (χ4n) is 1.62. The van der Waals surface area contributed by atoms with E-state index in [4.69, 9.17) is 15.2 Å². The van der Waals surface area contributed by atoms with Crippen molar-refractivity contribution in [3.05, 3.63) is 0 Å². The standard InChI is InChI=1S/C11H21NO3/c1-11(2,3)15-10(13)8-4-6-14-7-5-9(8)12/h8-9H,4-7,12H2,1-3H3. The van der Waals surface area contributed by atoms with Crippen molar-refractivity contribution >= 4 is 5.97 Å². The zero-order chi connectivity index (χ0) is 11.5. The van der Waals surface area contributed by atoms with Crippen LogP contribution in [0.5, 0.6) is 0 Å². The molecule has 0 saturated carbocycles. The number of carbonyl (C=O) groups excluding carboxylic acids is 1. The van der Waals surface area contributed by atoms with Gasteiger partial charge in [0.25, 0.3) is 0 Å². The number of rotatable bonds is 1. The second kappa shape index (κ2) is 4.94. The lowest BCUT2D eigenvalue weighted by Crippen LogP contribution is -2.39. The van der Waals surface area contributed by atoms with E-state index in [-0.39, 0.29) is 17.9 Å². The van der Waals surface area contributed by atoms with Gasteiger partial charge in [-0.05, 0) is 33.6 Å². The second-order valence-corrected chi connectivity index (χ2v) is 4.99. The molecule has 1 fully saturated rings. The molecule has 88 valence electrons. The Morgan fingerprint density at radius 3 is 2.53 bits per heavy atom.